The normalized spacial score (nSPS) is 25.3. The molecule has 0 aromatic carbocycles. The van der Waals surface area contributed by atoms with Crippen LogP contribution < -0.4 is 11.1 Å². The van der Waals surface area contributed by atoms with E-state index in [9.17, 15) is 18.0 Å². The molecule has 0 aromatic heterocycles. The Morgan fingerprint density at radius 1 is 1.32 bits per heavy atom. The number of nitrogens with two attached hydrogens (primary N) is 1. The summed E-state index contributed by atoms with van der Waals surface area (Å²) < 4.78 is 37.4. The average molecular weight is 303 g/mol. The number of halogens is 4. The van der Waals surface area contributed by atoms with E-state index in [-0.39, 0.29) is 37.2 Å². The van der Waals surface area contributed by atoms with Crippen LogP contribution in [0.15, 0.2) is 0 Å². The molecule has 1 saturated carbocycles. The second-order valence-corrected chi connectivity index (χ2v) is 4.99. The summed E-state index contributed by atoms with van der Waals surface area (Å²) in [6.45, 7) is 1.93. The van der Waals surface area contributed by atoms with Gasteiger partial charge in [-0.2, -0.15) is 13.2 Å². The van der Waals surface area contributed by atoms with E-state index >= 15 is 0 Å². The molecule has 0 saturated heterocycles. The molecule has 3 N–H and O–H groups in total. The minimum atomic E-state index is -4.10. The zero-order valence-corrected chi connectivity index (χ0v) is 11.8. The van der Waals surface area contributed by atoms with Gasteiger partial charge in [-0.3, -0.25) is 4.79 Å². The number of alkyl halides is 3. The predicted molar refractivity (Wildman–Crippen MR) is 70.1 cm³/mol. The number of rotatable bonds is 4. The molecule has 0 radical (unpaired) electrons. The molecular formula is C12H22ClF3N2O. The van der Waals surface area contributed by atoms with E-state index in [0.717, 1.165) is 6.42 Å². The van der Waals surface area contributed by atoms with E-state index in [1.807, 2.05) is 6.92 Å². The molecule has 1 aliphatic carbocycles. The van der Waals surface area contributed by atoms with Gasteiger partial charge in [-0.25, -0.2) is 0 Å². The van der Waals surface area contributed by atoms with Crippen LogP contribution in [0, 0.1) is 5.92 Å². The number of carbonyl (C=O) groups excluding carboxylic acids is 1. The summed E-state index contributed by atoms with van der Waals surface area (Å²) in [4.78, 5) is 11.6. The summed E-state index contributed by atoms with van der Waals surface area (Å²) in [6.07, 6.45) is -1.73. The fourth-order valence-electron chi connectivity index (χ4n) is 2.32. The van der Waals surface area contributed by atoms with Gasteiger partial charge < -0.3 is 11.1 Å². The molecule has 0 spiro atoms. The highest BCUT2D eigenvalue weighted by molar-refractivity contribution is 5.85. The van der Waals surface area contributed by atoms with Crippen LogP contribution in [0.2, 0.25) is 0 Å². The van der Waals surface area contributed by atoms with E-state index in [0.29, 0.717) is 19.3 Å². The van der Waals surface area contributed by atoms with Gasteiger partial charge in [0.2, 0.25) is 5.91 Å². The molecule has 114 valence electrons. The van der Waals surface area contributed by atoms with Crippen molar-refractivity contribution in [1.82, 2.24) is 5.32 Å². The Bertz CT molecular complexity index is 279. The van der Waals surface area contributed by atoms with Gasteiger partial charge in [0, 0.05) is 6.04 Å². The molecule has 0 heterocycles. The monoisotopic (exact) mass is 302 g/mol. The van der Waals surface area contributed by atoms with E-state index in [1.54, 1.807) is 0 Å². The van der Waals surface area contributed by atoms with Crippen LogP contribution in [0.4, 0.5) is 13.2 Å². The summed E-state index contributed by atoms with van der Waals surface area (Å²) in [6, 6.07) is -0.700. The van der Waals surface area contributed by atoms with E-state index in [2.05, 4.69) is 5.32 Å². The van der Waals surface area contributed by atoms with Crippen molar-refractivity contribution < 1.29 is 18.0 Å². The van der Waals surface area contributed by atoms with Crippen LogP contribution in [0.25, 0.3) is 0 Å². The molecule has 0 bridgehead atoms. The maximum Gasteiger partial charge on any atom is 0.391 e. The number of nitrogens with one attached hydrogen (secondary N) is 1. The lowest BCUT2D eigenvalue weighted by molar-refractivity contribution is -0.182. The van der Waals surface area contributed by atoms with Gasteiger partial charge >= 0.3 is 6.18 Å². The zero-order valence-electron chi connectivity index (χ0n) is 11.0. The maximum atomic E-state index is 12.5. The molecule has 0 aromatic rings. The fraction of sp³-hybridized carbons (Fsp3) is 0.917. The first-order valence-electron chi connectivity index (χ1n) is 6.47. The smallest absolute Gasteiger partial charge is 0.352 e. The van der Waals surface area contributed by atoms with Crippen molar-refractivity contribution in [3.8, 4) is 0 Å². The van der Waals surface area contributed by atoms with Crippen LogP contribution in [-0.4, -0.2) is 24.2 Å². The Morgan fingerprint density at radius 2 is 1.84 bits per heavy atom. The standard InChI is InChI=1S/C12H21F3N2O.ClH/c1-2-3-10(16)11(18)17-9-6-4-8(5-7-9)12(13,14)15;/h8-10H,2-7,16H2,1H3,(H,17,18);1H. The Hall–Kier alpha value is -0.490. The highest BCUT2D eigenvalue weighted by Crippen LogP contribution is 2.37. The molecule has 1 aliphatic rings. The van der Waals surface area contributed by atoms with Crippen LogP contribution in [-0.2, 0) is 4.79 Å². The number of carbonyl (C=O) groups is 1. The lowest BCUT2D eigenvalue weighted by Crippen LogP contribution is -2.47. The van der Waals surface area contributed by atoms with Crippen LogP contribution in [0.5, 0.6) is 0 Å². The van der Waals surface area contributed by atoms with Crippen molar-refractivity contribution >= 4 is 18.3 Å². The zero-order chi connectivity index (χ0) is 13.8. The Labute approximate surface area is 117 Å². The molecule has 3 nitrogen and oxygen atoms in total. The lowest BCUT2D eigenvalue weighted by atomic mass is 9.85. The van der Waals surface area contributed by atoms with Crippen molar-refractivity contribution in [1.29, 1.82) is 0 Å². The second kappa shape index (κ2) is 7.94. The predicted octanol–water partition coefficient (Wildman–Crippen LogP) is 2.77. The highest BCUT2D eigenvalue weighted by atomic mass is 35.5. The first kappa shape index (κ1) is 18.5. The largest absolute Gasteiger partial charge is 0.391 e. The highest BCUT2D eigenvalue weighted by Gasteiger charge is 2.41. The van der Waals surface area contributed by atoms with Crippen molar-refractivity contribution in [3.05, 3.63) is 0 Å². The van der Waals surface area contributed by atoms with Gasteiger partial charge in [0.15, 0.2) is 0 Å². The molecule has 7 heteroatoms. The van der Waals surface area contributed by atoms with Crippen molar-refractivity contribution in [2.45, 2.75) is 63.7 Å². The first-order valence-corrected chi connectivity index (χ1v) is 6.47. The molecule has 1 atom stereocenters. The summed E-state index contributed by atoms with van der Waals surface area (Å²) >= 11 is 0. The topological polar surface area (TPSA) is 55.1 Å². The Balaban J connectivity index is 0.00000324. The first-order chi connectivity index (χ1) is 8.34. The average Bonchev–Trinajstić information content (AvgIpc) is 2.28. The minimum Gasteiger partial charge on any atom is -0.352 e. The number of hydrogen-bond acceptors (Lipinski definition) is 2. The third-order valence-electron chi connectivity index (χ3n) is 3.47. The summed E-state index contributed by atoms with van der Waals surface area (Å²) in [5.41, 5.74) is 5.65. The van der Waals surface area contributed by atoms with Gasteiger partial charge in [0.1, 0.15) is 0 Å². The van der Waals surface area contributed by atoms with E-state index < -0.39 is 18.1 Å². The van der Waals surface area contributed by atoms with Crippen molar-refractivity contribution in [2.24, 2.45) is 11.7 Å². The van der Waals surface area contributed by atoms with E-state index in [1.165, 1.54) is 0 Å². The SMILES string of the molecule is CCCC(N)C(=O)NC1CCC(C(F)(F)F)CC1.Cl. The van der Waals surface area contributed by atoms with Gasteiger partial charge in [-0.15, -0.1) is 12.4 Å². The Morgan fingerprint density at radius 3 is 2.26 bits per heavy atom. The van der Waals surface area contributed by atoms with Crippen molar-refractivity contribution in [2.75, 3.05) is 0 Å². The van der Waals surface area contributed by atoms with Crippen molar-refractivity contribution in [3.63, 3.8) is 0 Å². The molecule has 1 fully saturated rings. The third-order valence-corrected chi connectivity index (χ3v) is 3.47. The summed E-state index contributed by atoms with van der Waals surface area (Å²) in [5.74, 6) is -1.46. The van der Waals surface area contributed by atoms with Crippen LogP contribution in [0.1, 0.15) is 45.4 Å². The maximum absolute atomic E-state index is 12.5. The minimum absolute atomic E-state index is 0. The molecule has 1 unspecified atom stereocenters. The van der Waals surface area contributed by atoms with Gasteiger partial charge in [-0.1, -0.05) is 13.3 Å². The summed E-state index contributed by atoms with van der Waals surface area (Å²) in [7, 11) is 0. The van der Waals surface area contributed by atoms with Gasteiger partial charge in [0.05, 0.1) is 12.0 Å². The number of amides is 1. The molecular weight excluding hydrogens is 281 g/mol. The number of hydrogen-bond donors (Lipinski definition) is 2. The molecule has 19 heavy (non-hydrogen) atoms. The van der Waals surface area contributed by atoms with Crippen LogP contribution in [0.3, 0.4) is 0 Å². The molecule has 1 rings (SSSR count). The van der Waals surface area contributed by atoms with Gasteiger partial charge in [-0.05, 0) is 32.1 Å². The quantitative estimate of drug-likeness (QED) is 0.839. The van der Waals surface area contributed by atoms with Crippen LogP contribution >= 0.6 is 12.4 Å². The third kappa shape index (κ3) is 5.99. The molecule has 0 aliphatic heterocycles. The van der Waals surface area contributed by atoms with E-state index in [4.69, 9.17) is 5.73 Å². The van der Waals surface area contributed by atoms with Gasteiger partial charge in [0.25, 0.3) is 0 Å². The lowest BCUT2D eigenvalue weighted by Gasteiger charge is -2.30. The Kier molecular flexibility index (Phi) is 7.74. The second-order valence-electron chi connectivity index (χ2n) is 4.99. The fourth-order valence-corrected chi connectivity index (χ4v) is 2.32. The summed E-state index contributed by atoms with van der Waals surface area (Å²) in [5, 5.41) is 2.74. The molecule has 1 amide bonds.